The molecule has 0 fully saturated rings. The average Bonchev–Trinajstić information content (AvgIpc) is 3.29. The van der Waals surface area contributed by atoms with Gasteiger partial charge in [-0.3, -0.25) is 0 Å². The molecule has 7 aromatic rings. The normalized spacial score (nSPS) is 13.2. The second-order valence-electron chi connectivity index (χ2n) is 11.6. The fourth-order valence-corrected chi connectivity index (χ4v) is 7.24. The first-order chi connectivity index (χ1) is 20.6. The number of fused-ring (bicyclic) bond motifs is 10. The molecule has 0 radical (unpaired) electrons. The van der Waals surface area contributed by atoms with Crippen LogP contribution in [-0.2, 0) is 5.41 Å². The van der Waals surface area contributed by atoms with Crippen molar-refractivity contribution in [3.05, 3.63) is 150 Å². The number of nitrogens with zero attached hydrogens (tertiary/aromatic N) is 2. The van der Waals surface area contributed by atoms with Gasteiger partial charge in [0.1, 0.15) is 6.07 Å². The molecule has 1 aliphatic carbocycles. The van der Waals surface area contributed by atoms with Crippen LogP contribution in [0.2, 0.25) is 0 Å². The molecule has 0 saturated carbocycles. The Balaban J connectivity index is 1.54. The van der Waals surface area contributed by atoms with E-state index in [0.717, 1.165) is 22.4 Å². The topological polar surface area (TPSA) is 27.0 Å². The third kappa shape index (κ3) is 3.31. The quantitative estimate of drug-likeness (QED) is 0.210. The Kier molecular flexibility index (Phi) is 5.27. The fourth-order valence-electron chi connectivity index (χ4n) is 7.24. The Morgan fingerprint density at radius 1 is 0.524 bits per heavy atom. The number of hydrogen-bond acceptors (Lipinski definition) is 2. The van der Waals surface area contributed by atoms with Crippen molar-refractivity contribution in [3.8, 4) is 17.2 Å². The number of nitriles is 1. The van der Waals surface area contributed by atoms with E-state index in [1.54, 1.807) is 0 Å². The molecule has 0 bridgehead atoms. The minimum Gasteiger partial charge on any atom is -0.309 e. The molecular weight excluding hydrogens is 508 g/mol. The molecule has 0 spiro atoms. The first-order valence-electron chi connectivity index (χ1n) is 14.4. The first-order valence-corrected chi connectivity index (χ1v) is 14.4. The predicted octanol–water partition coefficient (Wildman–Crippen LogP) is 10.8. The van der Waals surface area contributed by atoms with Gasteiger partial charge in [-0.2, -0.15) is 5.26 Å². The van der Waals surface area contributed by atoms with Crippen molar-refractivity contribution >= 4 is 49.4 Å². The van der Waals surface area contributed by atoms with Crippen molar-refractivity contribution in [1.82, 2.24) is 0 Å². The van der Waals surface area contributed by atoms with Gasteiger partial charge in [0.05, 0.1) is 16.9 Å². The molecule has 0 aromatic heterocycles. The zero-order valence-corrected chi connectivity index (χ0v) is 23.6. The van der Waals surface area contributed by atoms with Gasteiger partial charge in [-0.25, -0.2) is 0 Å². The summed E-state index contributed by atoms with van der Waals surface area (Å²) in [6, 6.07) is 49.6. The minimum absolute atomic E-state index is 0.246. The molecule has 0 N–H and O–H groups in total. The Hall–Kier alpha value is -5.39. The van der Waals surface area contributed by atoms with Crippen LogP contribution in [0.1, 0.15) is 30.5 Å². The second kappa shape index (κ2) is 9.06. The molecule has 198 valence electrons. The van der Waals surface area contributed by atoms with Crippen LogP contribution < -0.4 is 4.90 Å². The van der Waals surface area contributed by atoms with Crippen molar-refractivity contribution in [2.45, 2.75) is 19.3 Å². The molecule has 2 nitrogen and oxygen atoms in total. The zero-order valence-electron chi connectivity index (χ0n) is 23.6. The van der Waals surface area contributed by atoms with Gasteiger partial charge >= 0.3 is 0 Å². The summed E-state index contributed by atoms with van der Waals surface area (Å²) in [5, 5.41) is 17.7. The van der Waals surface area contributed by atoms with Gasteiger partial charge in [-0.15, -0.1) is 0 Å². The van der Waals surface area contributed by atoms with Gasteiger partial charge in [0, 0.05) is 16.5 Å². The highest BCUT2D eigenvalue weighted by Gasteiger charge is 2.40. The van der Waals surface area contributed by atoms with E-state index in [9.17, 15) is 5.26 Å². The van der Waals surface area contributed by atoms with Crippen molar-refractivity contribution in [3.63, 3.8) is 0 Å². The number of rotatable bonds is 3. The van der Waals surface area contributed by atoms with Crippen LogP contribution in [0.3, 0.4) is 0 Å². The molecule has 0 unspecified atom stereocenters. The van der Waals surface area contributed by atoms with E-state index in [1.165, 1.54) is 49.2 Å². The van der Waals surface area contributed by atoms with Crippen LogP contribution in [-0.4, -0.2) is 0 Å². The van der Waals surface area contributed by atoms with Crippen molar-refractivity contribution in [1.29, 1.82) is 5.26 Å². The van der Waals surface area contributed by atoms with E-state index in [4.69, 9.17) is 0 Å². The molecular formula is C40H28N2. The Morgan fingerprint density at radius 2 is 1.05 bits per heavy atom. The smallest absolute Gasteiger partial charge is 0.101 e. The molecule has 1 aliphatic rings. The summed E-state index contributed by atoms with van der Waals surface area (Å²) in [6.07, 6.45) is 0. The lowest BCUT2D eigenvalue weighted by Crippen LogP contribution is -2.17. The molecule has 0 atom stereocenters. The van der Waals surface area contributed by atoms with Crippen LogP contribution in [0, 0.1) is 11.3 Å². The van der Waals surface area contributed by atoms with Crippen LogP contribution >= 0.6 is 0 Å². The molecule has 0 saturated heterocycles. The lowest BCUT2D eigenvalue weighted by molar-refractivity contribution is 0.667. The van der Waals surface area contributed by atoms with Gasteiger partial charge in [-0.1, -0.05) is 117 Å². The van der Waals surface area contributed by atoms with E-state index in [-0.39, 0.29) is 5.41 Å². The summed E-state index contributed by atoms with van der Waals surface area (Å²) in [4.78, 5) is 2.26. The van der Waals surface area contributed by atoms with Crippen LogP contribution in [0.5, 0.6) is 0 Å². The highest BCUT2D eigenvalue weighted by Crippen LogP contribution is 2.58. The molecule has 2 heteroatoms. The largest absolute Gasteiger partial charge is 0.309 e. The van der Waals surface area contributed by atoms with E-state index >= 15 is 0 Å². The monoisotopic (exact) mass is 536 g/mol. The fraction of sp³-hybridized carbons (Fsp3) is 0.0750. The Bertz CT molecular complexity index is 2240. The van der Waals surface area contributed by atoms with Crippen molar-refractivity contribution < 1.29 is 0 Å². The number of hydrogen-bond donors (Lipinski definition) is 0. The second-order valence-corrected chi connectivity index (χ2v) is 11.6. The van der Waals surface area contributed by atoms with Crippen LogP contribution in [0.15, 0.2) is 133 Å². The Morgan fingerprint density at radius 3 is 1.74 bits per heavy atom. The molecule has 0 amide bonds. The molecule has 0 aliphatic heterocycles. The van der Waals surface area contributed by atoms with Gasteiger partial charge in [0.15, 0.2) is 0 Å². The maximum atomic E-state index is 10.2. The third-order valence-electron chi connectivity index (χ3n) is 9.02. The van der Waals surface area contributed by atoms with E-state index < -0.39 is 0 Å². The summed E-state index contributed by atoms with van der Waals surface area (Å²) in [6.45, 7) is 4.74. The van der Waals surface area contributed by atoms with E-state index in [0.29, 0.717) is 5.56 Å². The first kappa shape index (κ1) is 24.4. The standard InChI is InChI=1S/C40H28N2/c1-40(2)34-24-36(42(27-15-4-3-5-16-27)35-23-13-6-14-26(35)25-41)30-19-9-11-21-32(30)37(34)38-31-20-10-7-17-28(31)29-18-8-12-22-33(29)39(38)40/h3-24H,1-2H3. The summed E-state index contributed by atoms with van der Waals surface area (Å²) in [7, 11) is 0. The van der Waals surface area contributed by atoms with Crippen molar-refractivity contribution in [2.24, 2.45) is 0 Å². The molecule has 42 heavy (non-hydrogen) atoms. The van der Waals surface area contributed by atoms with Gasteiger partial charge in [0.25, 0.3) is 0 Å². The number of anilines is 3. The summed E-state index contributed by atoms with van der Waals surface area (Å²) < 4.78 is 0. The summed E-state index contributed by atoms with van der Waals surface area (Å²) in [5.41, 5.74) is 8.73. The maximum Gasteiger partial charge on any atom is 0.101 e. The number of para-hydroxylation sites is 2. The minimum atomic E-state index is -0.246. The average molecular weight is 537 g/mol. The molecule has 8 rings (SSSR count). The summed E-state index contributed by atoms with van der Waals surface area (Å²) >= 11 is 0. The molecule has 7 aromatic carbocycles. The lowest BCUT2D eigenvalue weighted by Gasteiger charge is -2.30. The van der Waals surface area contributed by atoms with Gasteiger partial charge < -0.3 is 4.90 Å². The predicted molar refractivity (Wildman–Crippen MR) is 176 cm³/mol. The van der Waals surface area contributed by atoms with E-state index in [2.05, 4.69) is 134 Å². The molecule has 0 heterocycles. The third-order valence-corrected chi connectivity index (χ3v) is 9.02. The van der Waals surface area contributed by atoms with E-state index in [1.807, 2.05) is 24.3 Å². The van der Waals surface area contributed by atoms with Crippen molar-refractivity contribution in [2.75, 3.05) is 4.90 Å². The highest BCUT2D eigenvalue weighted by molar-refractivity contribution is 6.22. The van der Waals surface area contributed by atoms with Crippen LogP contribution in [0.25, 0.3) is 43.4 Å². The summed E-state index contributed by atoms with van der Waals surface area (Å²) in [5.74, 6) is 0. The zero-order chi connectivity index (χ0) is 28.4. The highest BCUT2D eigenvalue weighted by atomic mass is 15.1. The van der Waals surface area contributed by atoms with Gasteiger partial charge in [-0.05, 0) is 79.5 Å². The Labute approximate surface area is 245 Å². The SMILES string of the molecule is CC1(C)c2cc(N(c3ccccc3)c3ccccc3C#N)c3ccccc3c2-c2c1c1ccccc1c1ccccc21. The van der Waals surface area contributed by atoms with Gasteiger partial charge in [0.2, 0.25) is 0 Å². The number of benzene rings is 7. The van der Waals surface area contributed by atoms with Crippen LogP contribution in [0.4, 0.5) is 17.1 Å². The maximum absolute atomic E-state index is 10.2. The lowest BCUT2D eigenvalue weighted by atomic mass is 9.79.